The minimum absolute atomic E-state index is 0.319. The molecule has 3 N–H and O–H groups in total. The van der Waals surface area contributed by atoms with Gasteiger partial charge in [-0.05, 0) is 30.4 Å². The number of hydrogen-bond acceptors (Lipinski definition) is 2. The highest BCUT2D eigenvalue weighted by Gasteiger charge is 2.43. The molecular formula is C11H13NO. The second kappa shape index (κ2) is 2.26. The molecule has 13 heavy (non-hydrogen) atoms. The summed E-state index contributed by atoms with van der Waals surface area (Å²) in [6, 6.07) is 6.13. The Bertz CT molecular complexity index is 361. The van der Waals surface area contributed by atoms with Gasteiger partial charge in [0.05, 0.1) is 0 Å². The van der Waals surface area contributed by atoms with Crippen molar-refractivity contribution in [3.8, 4) is 5.75 Å². The summed E-state index contributed by atoms with van der Waals surface area (Å²) in [5.74, 6) is 1.50. The highest BCUT2D eigenvalue weighted by Crippen LogP contribution is 2.54. The van der Waals surface area contributed by atoms with Crippen molar-refractivity contribution < 1.29 is 5.11 Å². The molecule has 3 atom stereocenters. The standard InChI is InChI=1S/C11H13NO/c12-9-5-6-4-8(9)7-2-1-3-10(13)11(6)7/h1-3,6,8-9,13H,4-5,12H2. The van der Waals surface area contributed by atoms with Crippen LogP contribution >= 0.6 is 0 Å². The molecule has 1 aromatic rings. The summed E-state index contributed by atoms with van der Waals surface area (Å²) in [6.45, 7) is 0. The SMILES string of the molecule is NC1CC2CC1c1cccc(O)c12. The molecule has 2 nitrogen and oxygen atoms in total. The monoisotopic (exact) mass is 175 g/mol. The molecule has 68 valence electrons. The summed E-state index contributed by atoms with van der Waals surface area (Å²) >= 11 is 0. The molecule has 3 rings (SSSR count). The van der Waals surface area contributed by atoms with E-state index in [4.69, 9.17) is 5.73 Å². The third-order valence-corrected chi connectivity index (χ3v) is 3.54. The van der Waals surface area contributed by atoms with E-state index in [0.29, 0.717) is 23.6 Å². The predicted molar refractivity (Wildman–Crippen MR) is 50.8 cm³/mol. The van der Waals surface area contributed by atoms with Crippen molar-refractivity contribution in [1.82, 2.24) is 0 Å². The average molecular weight is 175 g/mol. The summed E-state index contributed by atoms with van der Waals surface area (Å²) in [4.78, 5) is 0. The number of benzene rings is 1. The van der Waals surface area contributed by atoms with Crippen molar-refractivity contribution in [2.75, 3.05) is 0 Å². The van der Waals surface area contributed by atoms with E-state index in [-0.39, 0.29) is 0 Å². The third-order valence-electron chi connectivity index (χ3n) is 3.54. The van der Waals surface area contributed by atoms with Gasteiger partial charge in [-0.3, -0.25) is 0 Å². The highest BCUT2D eigenvalue weighted by molar-refractivity contribution is 5.50. The highest BCUT2D eigenvalue weighted by atomic mass is 16.3. The van der Waals surface area contributed by atoms with Gasteiger partial charge >= 0.3 is 0 Å². The first-order valence-corrected chi connectivity index (χ1v) is 4.84. The largest absolute Gasteiger partial charge is 0.508 e. The lowest BCUT2D eigenvalue weighted by atomic mass is 9.88. The minimum Gasteiger partial charge on any atom is -0.508 e. The summed E-state index contributed by atoms with van der Waals surface area (Å²) in [5, 5.41) is 9.70. The van der Waals surface area contributed by atoms with Crippen molar-refractivity contribution >= 4 is 0 Å². The Kier molecular flexibility index (Phi) is 1.29. The molecule has 0 radical (unpaired) electrons. The van der Waals surface area contributed by atoms with E-state index < -0.39 is 0 Å². The van der Waals surface area contributed by atoms with Crippen LogP contribution in [0, 0.1) is 0 Å². The molecule has 2 bridgehead atoms. The van der Waals surface area contributed by atoms with Gasteiger partial charge in [0, 0.05) is 17.5 Å². The Morgan fingerprint density at radius 3 is 3.00 bits per heavy atom. The Labute approximate surface area is 77.4 Å². The molecule has 2 heteroatoms. The molecule has 2 aliphatic carbocycles. The molecule has 0 aliphatic heterocycles. The molecular weight excluding hydrogens is 162 g/mol. The van der Waals surface area contributed by atoms with Crippen LogP contribution in [0.5, 0.6) is 5.75 Å². The summed E-state index contributed by atoms with van der Waals surface area (Å²) < 4.78 is 0. The van der Waals surface area contributed by atoms with Crippen LogP contribution in [0.4, 0.5) is 0 Å². The lowest BCUT2D eigenvalue weighted by Crippen LogP contribution is -2.25. The van der Waals surface area contributed by atoms with E-state index in [1.165, 1.54) is 11.1 Å². The molecule has 0 saturated heterocycles. The van der Waals surface area contributed by atoms with Crippen LogP contribution in [0.3, 0.4) is 0 Å². The molecule has 2 aliphatic rings. The molecule has 0 aromatic heterocycles. The number of nitrogens with two attached hydrogens (primary N) is 1. The molecule has 0 spiro atoms. The fourth-order valence-corrected chi connectivity index (χ4v) is 3.00. The number of rotatable bonds is 0. The summed E-state index contributed by atoms with van der Waals surface area (Å²) in [6.07, 6.45) is 2.20. The fraction of sp³-hybridized carbons (Fsp3) is 0.455. The van der Waals surface area contributed by atoms with Gasteiger partial charge < -0.3 is 10.8 Å². The van der Waals surface area contributed by atoms with Crippen molar-refractivity contribution in [2.45, 2.75) is 30.7 Å². The molecule has 1 aromatic carbocycles. The van der Waals surface area contributed by atoms with Gasteiger partial charge in [-0.1, -0.05) is 12.1 Å². The zero-order valence-electron chi connectivity index (χ0n) is 7.40. The molecule has 1 saturated carbocycles. The smallest absolute Gasteiger partial charge is 0.119 e. The van der Waals surface area contributed by atoms with Crippen molar-refractivity contribution in [3.05, 3.63) is 29.3 Å². The Balaban J connectivity index is 2.21. The second-order valence-corrected chi connectivity index (χ2v) is 4.22. The van der Waals surface area contributed by atoms with Crippen LogP contribution in [0.25, 0.3) is 0 Å². The molecule has 0 heterocycles. The van der Waals surface area contributed by atoms with Gasteiger partial charge in [-0.2, -0.15) is 0 Å². The summed E-state index contributed by atoms with van der Waals surface area (Å²) in [5.41, 5.74) is 8.47. The van der Waals surface area contributed by atoms with Gasteiger partial charge in [0.2, 0.25) is 0 Å². The topological polar surface area (TPSA) is 46.2 Å². The average Bonchev–Trinajstić information content (AvgIpc) is 2.61. The molecule has 3 unspecified atom stereocenters. The fourth-order valence-electron chi connectivity index (χ4n) is 3.00. The number of phenolic OH excluding ortho intramolecular Hbond substituents is 1. The first-order chi connectivity index (χ1) is 6.27. The third kappa shape index (κ3) is 0.814. The molecule has 1 fully saturated rings. The van der Waals surface area contributed by atoms with Gasteiger partial charge in [0.25, 0.3) is 0 Å². The van der Waals surface area contributed by atoms with E-state index in [1.54, 1.807) is 6.07 Å². The zero-order valence-corrected chi connectivity index (χ0v) is 7.40. The first-order valence-electron chi connectivity index (χ1n) is 4.84. The Morgan fingerprint density at radius 1 is 1.31 bits per heavy atom. The quantitative estimate of drug-likeness (QED) is 0.630. The van der Waals surface area contributed by atoms with Crippen LogP contribution in [0.2, 0.25) is 0 Å². The Hall–Kier alpha value is -1.02. The van der Waals surface area contributed by atoms with Gasteiger partial charge in [-0.15, -0.1) is 0 Å². The van der Waals surface area contributed by atoms with Gasteiger partial charge in [-0.25, -0.2) is 0 Å². The van der Waals surface area contributed by atoms with Gasteiger partial charge in [0.1, 0.15) is 5.75 Å². The minimum atomic E-state index is 0.319. The number of fused-ring (bicyclic) bond motifs is 5. The number of hydrogen-bond donors (Lipinski definition) is 2. The van der Waals surface area contributed by atoms with E-state index in [9.17, 15) is 5.11 Å². The first kappa shape index (κ1) is 7.39. The van der Waals surface area contributed by atoms with Crippen molar-refractivity contribution in [1.29, 1.82) is 0 Å². The molecule has 0 amide bonds. The predicted octanol–water partition coefficient (Wildman–Crippen LogP) is 1.69. The Morgan fingerprint density at radius 2 is 2.15 bits per heavy atom. The number of phenols is 1. The normalized spacial score (nSPS) is 35.0. The van der Waals surface area contributed by atoms with Crippen molar-refractivity contribution in [3.63, 3.8) is 0 Å². The van der Waals surface area contributed by atoms with Crippen LogP contribution in [-0.2, 0) is 0 Å². The van der Waals surface area contributed by atoms with Crippen LogP contribution in [-0.4, -0.2) is 11.1 Å². The van der Waals surface area contributed by atoms with E-state index in [1.807, 2.05) is 6.07 Å². The van der Waals surface area contributed by atoms with E-state index in [0.717, 1.165) is 12.8 Å². The maximum atomic E-state index is 9.70. The maximum absolute atomic E-state index is 9.70. The summed E-state index contributed by atoms with van der Waals surface area (Å²) in [7, 11) is 0. The van der Waals surface area contributed by atoms with Crippen LogP contribution in [0.15, 0.2) is 18.2 Å². The second-order valence-electron chi connectivity index (χ2n) is 4.22. The maximum Gasteiger partial charge on any atom is 0.119 e. The van der Waals surface area contributed by atoms with E-state index in [2.05, 4.69) is 6.07 Å². The van der Waals surface area contributed by atoms with Crippen LogP contribution in [0.1, 0.15) is 35.8 Å². The zero-order chi connectivity index (χ0) is 9.00. The lowest BCUT2D eigenvalue weighted by molar-refractivity contribution is 0.459. The lowest BCUT2D eigenvalue weighted by Gasteiger charge is -2.21. The van der Waals surface area contributed by atoms with Gasteiger partial charge in [0.15, 0.2) is 0 Å². The number of aromatic hydroxyl groups is 1. The van der Waals surface area contributed by atoms with Crippen molar-refractivity contribution in [2.24, 2.45) is 5.73 Å². The van der Waals surface area contributed by atoms with Crippen LogP contribution < -0.4 is 5.73 Å². The van der Waals surface area contributed by atoms with E-state index >= 15 is 0 Å².